The third-order valence-electron chi connectivity index (χ3n) is 3.61. The molecule has 0 heterocycles. The maximum absolute atomic E-state index is 12.2. The standard InChI is InChI=1S/C13H24FN3O3/c1-4-8(12(19)16-3)6-10(11(15)18)7-9(5-2)13(20)17-14/h8-10H,4-7H2,1-3H3,(H2,15,18)(H,16,19)(H,17,20). The maximum Gasteiger partial charge on any atom is 0.250 e. The number of hydrogen-bond acceptors (Lipinski definition) is 3. The predicted octanol–water partition coefficient (Wildman–Crippen LogP) is 0.667. The first-order valence-electron chi connectivity index (χ1n) is 6.82. The van der Waals surface area contributed by atoms with E-state index in [2.05, 4.69) is 5.32 Å². The van der Waals surface area contributed by atoms with E-state index in [1.54, 1.807) is 6.92 Å². The van der Waals surface area contributed by atoms with Crippen LogP contribution in [0.1, 0.15) is 39.5 Å². The minimum Gasteiger partial charge on any atom is -0.369 e. The van der Waals surface area contributed by atoms with E-state index < -0.39 is 23.7 Å². The minimum absolute atomic E-state index is 0.148. The molecule has 0 saturated carbocycles. The summed E-state index contributed by atoms with van der Waals surface area (Å²) in [5.74, 6) is -3.09. The van der Waals surface area contributed by atoms with Gasteiger partial charge < -0.3 is 11.1 Å². The number of rotatable bonds is 9. The number of amides is 3. The van der Waals surface area contributed by atoms with Crippen molar-refractivity contribution in [3.8, 4) is 0 Å². The summed E-state index contributed by atoms with van der Waals surface area (Å²) in [6, 6.07) is 0. The van der Waals surface area contributed by atoms with Crippen LogP contribution >= 0.6 is 0 Å². The number of halogens is 1. The molecular weight excluding hydrogens is 265 g/mol. The van der Waals surface area contributed by atoms with Crippen LogP contribution in [0, 0.1) is 17.8 Å². The second kappa shape index (κ2) is 9.28. The quantitative estimate of drug-likeness (QED) is 0.544. The molecular formula is C13H24FN3O3. The van der Waals surface area contributed by atoms with E-state index in [0.29, 0.717) is 12.8 Å². The van der Waals surface area contributed by atoms with Gasteiger partial charge in [-0.15, -0.1) is 4.48 Å². The van der Waals surface area contributed by atoms with Crippen LogP contribution < -0.4 is 16.6 Å². The topological polar surface area (TPSA) is 101 Å². The zero-order valence-corrected chi connectivity index (χ0v) is 12.2. The highest BCUT2D eigenvalue weighted by Crippen LogP contribution is 2.24. The molecule has 0 saturated heterocycles. The Morgan fingerprint density at radius 3 is 1.75 bits per heavy atom. The minimum atomic E-state index is -0.758. The largest absolute Gasteiger partial charge is 0.369 e. The van der Waals surface area contributed by atoms with Crippen molar-refractivity contribution in [3.05, 3.63) is 0 Å². The Morgan fingerprint density at radius 1 is 1.00 bits per heavy atom. The van der Waals surface area contributed by atoms with Gasteiger partial charge in [0, 0.05) is 24.8 Å². The fraction of sp³-hybridized carbons (Fsp3) is 0.769. The fourth-order valence-corrected chi connectivity index (χ4v) is 2.21. The van der Waals surface area contributed by atoms with Crippen LogP contribution in [0.2, 0.25) is 0 Å². The zero-order chi connectivity index (χ0) is 15.7. The Kier molecular flexibility index (Phi) is 8.51. The lowest BCUT2D eigenvalue weighted by Crippen LogP contribution is -2.35. The van der Waals surface area contributed by atoms with Gasteiger partial charge in [-0.1, -0.05) is 13.8 Å². The number of nitrogens with two attached hydrogens (primary N) is 1. The Balaban J connectivity index is 4.83. The van der Waals surface area contributed by atoms with Crippen molar-refractivity contribution < 1.29 is 18.9 Å². The van der Waals surface area contributed by atoms with Gasteiger partial charge in [0.2, 0.25) is 11.8 Å². The van der Waals surface area contributed by atoms with E-state index in [1.165, 1.54) is 7.05 Å². The molecule has 0 spiro atoms. The normalized spacial score (nSPS) is 15.0. The summed E-state index contributed by atoms with van der Waals surface area (Å²) in [4.78, 5) is 34.5. The van der Waals surface area contributed by atoms with Crippen LogP contribution in [-0.4, -0.2) is 24.8 Å². The molecule has 0 aliphatic carbocycles. The van der Waals surface area contributed by atoms with E-state index in [0.717, 1.165) is 5.54 Å². The lowest BCUT2D eigenvalue weighted by Gasteiger charge is -2.22. The number of nitrogens with one attached hydrogen (secondary N) is 2. The molecule has 0 aromatic rings. The summed E-state index contributed by atoms with van der Waals surface area (Å²) >= 11 is 0. The summed E-state index contributed by atoms with van der Waals surface area (Å²) in [5, 5.41) is 2.53. The van der Waals surface area contributed by atoms with Gasteiger partial charge >= 0.3 is 0 Å². The van der Waals surface area contributed by atoms with Crippen molar-refractivity contribution >= 4 is 17.7 Å². The molecule has 0 radical (unpaired) electrons. The highest BCUT2D eigenvalue weighted by atomic mass is 19.2. The van der Waals surface area contributed by atoms with Gasteiger partial charge in [0.1, 0.15) is 0 Å². The van der Waals surface area contributed by atoms with E-state index in [4.69, 9.17) is 5.73 Å². The van der Waals surface area contributed by atoms with E-state index in [-0.39, 0.29) is 24.7 Å². The summed E-state index contributed by atoms with van der Waals surface area (Å²) < 4.78 is 12.2. The lowest BCUT2D eigenvalue weighted by molar-refractivity contribution is -0.131. The van der Waals surface area contributed by atoms with Crippen LogP contribution in [-0.2, 0) is 14.4 Å². The summed E-state index contributed by atoms with van der Waals surface area (Å²) in [5.41, 5.74) is 6.42. The van der Waals surface area contributed by atoms with Crippen molar-refractivity contribution in [2.75, 3.05) is 7.05 Å². The van der Waals surface area contributed by atoms with Crippen LogP contribution in [0.5, 0.6) is 0 Å². The highest BCUT2D eigenvalue weighted by molar-refractivity contribution is 5.82. The van der Waals surface area contributed by atoms with Crippen LogP contribution in [0.4, 0.5) is 4.48 Å². The number of hydrogen-bond donors (Lipinski definition) is 3. The number of carbonyl (C=O) groups is 3. The fourth-order valence-electron chi connectivity index (χ4n) is 2.21. The smallest absolute Gasteiger partial charge is 0.250 e. The van der Waals surface area contributed by atoms with E-state index in [1.807, 2.05) is 6.92 Å². The molecule has 3 amide bonds. The van der Waals surface area contributed by atoms with Gasteiger partial charge in [0.05, 0.1) is 0 Å². The molecule has 3 atom stereocenters. The molecule has 0 aliphatic rings. The number of carbonyl (C=O) groups excluding carboxylic acids is 3. The summed E-state index contributed by atoms with van der Waals surface area (Å²) in [7, 11) is 1.52. The van der Waals surface area contributed by atoms with E-state index >= 15 is 0 Å². The van der Waals surface area contributed by atoms with Gasteiger partial charge in [-0.25, -0.2) is 0 Å². The Hall–Kier alpha value is -1.66. The molecule has 0 aromatic heterocycles. The second-order valence-corrected chi connectivity index (χ2v) is 4.85. The summed E-state index contributed by atoms with van der Waals surface area (Å²) in [6.07, 6.45) is 1.38. The highest BCUT2D eigenvalue weighted by Gasteiger charge is 2.29. The maximum atomic E-state index is 12.2. The van der Waals surface area contributed by atoms with Gasteiger partial charge in [-0.2, -0.15) is 5.54 Å². The molecule has 0 aromatic carbocycles. The molecule has 20 heavy (non-hydrogen) atoms. The average molecular weight is 289 g/mol. The Bertz CT molecular complexity index is 324. The third kappa shape index (κ3) is 5.54. The molecule has 4 N–H and O–H groups in total. The molecule has 6 nitrogen and oxygen atoms in total. The lowest BCUT2D eigenvalue weighted by atomic mass is 9.84. The van der Waals surface area contributed by atoms with E-state index in [9.17, 15) is 18.9 Å². The second-order valence-electron chi connectivity index (χ2n) is 4.85. The Morgan fingerprint density at radius 2 is 1.45 bits per heavy atom. The van der Waals surface area contributed by atoms with Gasteiger partial charge in [-0.05, 0) is 25.7 Å². The number of primary amides is 1. The van der Waals surface area contributed by atoms with Crippen molar-refractivity contribution in [3.63, 3.8) is 0 Å². The van der Waals surface area contributed by atoms with Crippen molar-refractivity contribution in [1.29, 1.82) is 0 Å². The van der Waals surface area contributed by atoms with Crippen molar-refractivity contribution in [1.82, 2.24) is 10.9 Å². The predicted molar refractivity (Wildman–Crippen MR) is 72.8 cm³/mol. The molecule has 0 aliphatic heterocycles. The first-order chi connectivity index (χ1) is 9.40. The van der Waals surface area contributed by atoms with Crippen molar-refractivity contribution in [2.24, 2.45) is 23.5 Å². The van der Waals surface area contributed by atoms with Crippen LogP contribution in [0.15, 0.2) is 0 Å². The molecule has 3 unspecified atom stereocenters. The monoisotopic (exact) mass is 289 g/mol. The summed E-state index contributed by atoms with van der Waals surface area (Å²) in [6.45, 7) is 3.57. The zero-order valence-electron chi connectivity index (χ0n) is 12.2. The molecule has 116 valence electrons. The van der Waals surface area contributed by atoms with Gasteiger partial charge in [0.25, 0.3) is 5.91 Å². The first kappa shape index (κ1) is 18.3. The molecule has 0 rings (SSSR count). The SMILES string of the molecule is CCC(CC(CC(CC)C(=O)NF)C(N)=O)C(=O)NC. The third-order valence-corrected chi connectivity index (χ3v) is 3.61. The Labute approximate surface area is 118 Å². The van der Waals surface area contributed by atoms with Crippen LogP contribution in [0.3, 0.4) is 0 Å². The first-order valence-corrected chi connectivity index (χ1v) is 6.82. The van der Waals surface area contributed by atoms with Gasteiger partial charge in [0.15, 0.2) is 0 Å². The van der Waals surface area contributed by atoms with Crippen LogP contribution in [0.25, 0.3) is 0 Å². The molecule has 7 heteroatoms. The molecule has 0 fully saturated rings. The van der Waals surface area contributed by atoms with Gasteiger partial charge in [-0.3, -0.25) is 14.4 Å². The average Bonchev–Trinajstić information content (AvgIpc) is 2.45. The molecule has 0 bridgehead atoms. The van der Waals surface area contributed by atoms with Crippen molar-refractivity contribution in [2.45, 2.75) is 39.5 Å².